The minimum Gasteiger partial charge on any atom is -0.464 e. The van der Waals surface area contributed by atoms with Crippen LogP contribution < -0.4 is 5.43 Å². The molecule has 3 aromatic heterocycles. The highest BCUT2D eigenvalue weighted by atomic mass is 16.3. The van der Waals surface area contributed by atoms with Crippen LogP contribution in [-0.2, 0) is 19.5 Å². The molecule has 1 aromatic carbocycles. The van der Waals surface area contributed by atoms with Crippen molar-refractivity contribution in [2.45, 2.75) is 39.3 Å². The van der Waals surface area contributed by atoms with Crippen LogP contribution in [0, 0.1) is 0 Å². The zero-order valence-electron chi connectivity index (χ0n) is 17.7. The molecule has 6 heteroatoms. The Kier molecular flexibility index (Phi) is 5.08. The normalized spacial score (nSPS) is 14.2. The Bertz CT molecular complexity index is 1300. The van der Waals surface area contributed by atoms with E-state index in [0.717, 1.165) is 47.7 Å². The molecular formula is C25H24N4O2. The van der Waals surface area contributed by atoms with Crippen molar-refractivity contribution in [2.24, 2.45) is 0 Å². The van der Waals surface area contributed by atoms with E-state index in [1.807, 2.05) is 36.5 Å². The number of pyridine rings is 1. The lowest BCUT2D eigenvalue weighted by Crippen LogP contribution is -2.32. The van der Waals surface area contributed by atoms with Gasteiger partial charge < -0.3 is 4.42 Å². The average molecular weight is 412 g/mol. The minimum absolute atomic E-state index is 0.0545. The molecule has 5 rings (SSSR count). The van der Waals surface area contributed by atoms with Gasteiger partial charge >= 0.3 is 0 Å². The van der Waals surface area contributed by atoms with Crippen molar-refractivity contribution >= 4 is 11.0 Å². The third-order valence-corrected chi connectivity index (χ3v) is 5.88. The van der Waals surface area contributed by atoms with Crippen LogP contribution in [0.2, 0.25) is 0 Å². The van der Waals surface area contributed by atoms with E-state index in [-0.39, 0.29) is 5.43 Å². The maximum absolute atomic E-state index is 13.1. The number of hydrogen-bond acceptors (Lipinski definition) is 6. The summed E-state index contributed by atoms with van der Waals surface area (Å²) >= 11 is 0. The summed E-state index contributed by atoms with van der Waals surface area (Å²) in [5, 5.41) is 0.659. The van der Waals surface area contributed by atoms with Gasteiger partial charge in [0.05, 0.1) is 17.3 Å². The van der Waals surface area contributed by atoms with E-state index in [1.165, 1.54) is 0 Å². The van der Waals surface area contributed by atoms with E-state index in [0.29, 0.717) is 29.0 Å². The standard InChI is InChI=1S/C25H24N4O2/c1-16(2)18-3-4-23-21(11-18)24(30)20(15-31-23)14-29-10-7-22-19(13-29)12-27-25(28-22)17-5-8-26-9-6-17/h3-6,8-9,11-12,15-16H,7,10,13-14H2,1-2H3. The Morgan fingerprint density at radius 2 is 2.00 bits per heavy atom. The molecule has 0 bridgehead atoms. The number of rotatable bonds is 4. The van der Waals surface area contributed by atoms with E-state index in [2.05, 4.69) is 28.7 Å². The summed E-state index contributed by atoms with van der Waals surface area (Å²) in [5.74, 6) is 1.09. The largest absolute Gasteiger partial charge is 0.464 e. The number of hydrogen-bond donors (Lipinski definition) is 0. The molecule has 1 aliphatic rings. The number of benzene rings is 1. The number of nitrogens with zero attached hydrogens (tertiary/aromatic N) is 4. The molecular weight excluding hydrogens is 388 g/mol. The first-order chi connectivity index (χ1) is 15.1. The predicted octanol–water partition coefficient (Wildman–Crippen LogP) is 4.33. The Labute approximate surface area is 180 Å². The fraction of sp³-hybridized carbons (Fsp3) is 0.280. The van der Waals surface area contributed by atoms with Gasteiger partial charge in [-0.1, -0.05) is 19.9 Å². The van der Waals surface area contributed by atoms with Crippen LogP contribution in [0.3, 0.4) is 0 Å². The van der Waals surface area contributed by atoms with E-state index >= 15 is 0 Å². The zero-order valence-corrected chi connectivity index (χ0v) is 17.7. The summed E-state index contributed by atoms with van der Waals surface area (Å²) in [6.45, 7) is 6.36. The lowest BCUT2D eigenvalue weighted by atomic mass is 10.0. The highest BCUT2D eigenvalue weighted by molar-refractivity contribution is 5.77. The summed E-state index contributed by atoms with van der Waals surface area (Å²) in [7, 11) is 0. The second kappa shape index (κ2) is 8.04. The second-order valence-corrected chi connectivity index (χ2v) is 8.36. The van der Waals surface area contributed by atoms with Gasteiger partial charge in [-0.15, -0.1) is 0 Å². The van der Waals surface area contributed by atoms with Gasteiger partial charge in [0.1, 0.15) is 5.58 Å². The average Bonchev–Trinajstić information content (AvgIpc) is 2.81. The summed E-state index contributed by atoms with van der Waals surface area (Å²) in [6, 6.07) is 9.72. The third-order valence-electron chi connectivity index (χ3n) is 5.88. The maximum Gasteiger partial charge on any atom is 0.197 e. The zero-order chi connectivity index (χ0) is 21.4. The Morgan fingerprint density at radius 1 is 1.16 bits per heavy atom. The summed E-state index contributed by atoms with van der Waals surface area (Å²) in [4.78, 5) is 28.7. The van der Waals surface area contributed by atoms with Crippen molar-refractivity contribution < 1.29 is 4.42 Å². The van der Waals surface area contributed by atoms with Gasteiger partial charge in [0, 0.05) is 61.3 Å². The molecule has 4 heterocycles. The Hall–Kier alpha value is -3.38. The van der Waals surface area contributed by atoms with Crippen LogP contribution in [0.4, 0.5) is 0 Å². The Morgan fingerprint density at radius 3 is 2.81 bits per heavy atom. The molecule has 31 heavy (non-hydrogen) atoms. The molecule has 1 aliphatic heterocycles. The molecule has 4 aromatic rings. The molecule has 0 spiro atoms. The van der Waals surface area contributed by atoms with Crippen molar-refractivity contribution in [3.8, 4) is 11.4 Å². The molecule has 0 atom stereocenters. The van der Waals surface area contributed by atoms with Gasteiger partial charge in [0.25, 0.3) is 0 Å². The molecule has 0 saturated carbocycles. The Balaban J connectivity index is 1.38. The molecule has 0 amide bonds. The van der Waals surface area contributed by atoms with Crippen LogP contribution in [0.25, 0.3) is 22.4 Å². The van der Waals surface area contributed by atoms with Crippen LogP contribution in [0.15, 0.2) is 64.4 Å². The van der Waals surface area contributed by atoms with Crippen molar-refractivity contribution in [1.29, 1.82) is 0 Å². The lowest BCUT2D eigenvalue weighted by molar-refractivity contribution is 0.240. The van der Waals surface area contributed by atoms with Gasteiger partial charge in [0.15, 0.2) is 11.3 Å². The van der Waals surface area contributed by atoms with E-state index in [9.17, 15) is 4.79 Å². The first kappa shape index (κ1) is 19.6. The second-order valence-electron chi connectivity index (χ2n) is 8.36. The van der Waals surface area contributed by atoms with Crippen molar-refractivity contribution in [3.63, 3.8) is 0 Å². The fourth-order valence-electron chi connectivity index (χ4n) is 4.05. The van der Waals surface area contributed by atoms with Crippen molar-refractivity contribution in [1.82, 2.24) is 19.9 Å². The smallest absolute Gasteiger partial charge is 0.197 e. The first-order valence-electron chi connectivity index (χ1n) is 10.6. The van der Waals surface area contributed by atoms with Crippen molar-refractivity contribution in [3.05, 3.63) is 87.8 Å². The summed E-state index contributed by atoms with van der Waals surface area (Å²) < 4.78 is 5.78. The van der Waals surface area contributed by atoms with Crippen molar-refractivity contribution in [2.75, 3.05) is 6.54 Å². The topological polar surface area (TPSA) is 72.1 Å². The summed E-state index contributed by atoms with van der Waals surface area (Å²) in [5.41, 5.74) is 5.67. The molecule has 0 N–H and O–H groups in total. The van der Waals surface area contributed by atoms with Gasteiger partial charge in [-0.2, -0.15) is 0 Å². The molecule has 0 aliphatic carbocycles. The van der Waals surface area contributed by atoms with Gasteiger partial charge in [-0.25, -0.2) is 9.97 Å². The third kappa shape index (κ3) is 3.86. The molecule has 156 valence electrons. The van der Waals surface area contributed by atoms with Crippen LogP contribution >= 0.6 is 0 Å². The highest BCUT2D eigenvalue weighted by Crippen LogP contribution is 2.23. The monoisotopic (exact) mass is 412 g/mol. The van der Waals surface area contributed by atoms with E-state index in [1.54, 1.807) is 18.7 Å². The van der Waals surface area contributed by atoms with Crippen LogP contribution in [0.5, 0.6) is 0 Å². The lowest BCUT2D eigenvalue weighted by Gasteiger charge is -2.27. The van der Waals surface area contributed by atoms with Gasteiger partial charge in [-0.3, -0.25) is 14.7 Å². The number of fused-ring (bicyclic) bond motifs is 2. The van der Waals surface area contributed by atoms with E-state index in [4.69, 9.17) is 9.40 Å². The van der Waals surface area contributed by atoms with Gasteiger partial charge in [0.2, 0.25) is 0 Å². The molecule has 0 radical (unpaired) electrons. The minimum atomic E-state index is 0.0545. The molecule has 6 nitrogen and oxygen atoms in total. The summed E-state index contributed by atoms with van der Waals surface area (Å²) in [6.07, 6.45) is 7.84. The fourth-order valence-corrected chi connectivity index (χ4v) is 4.05. The maximum atomic E-state index is 13.1. The van der Waals surface area contributed by atoms with Crippen LogP contribution in [-0.4, -0.2) is 26.4 Å². The molecule has 0 fully saturated rings. The quantitative estimate of drug-likeness (QED) is 0.497. The van der Waals surface area contributed by atoms with E-state index < -0.39 is 0 Å². The highest BCUT2D eigenvalue weighted by Gasteiger charge is 2.20. The predicted molar refractivity (Wildman–Crippen MR) is 120 cm³/mol. The van der Waals surface area contributed by atoms with Crippen LogP contribution in [0.1, 0.15) is 42.1 Å². The SMILES string of the molecule is CC(C)c1ccc2occ(CN3CCc4nc(-c5ccncc5)ncc4C3)c(=O)c2c1. The first-order valence-corrected chi connectivity index (χ1v) is 10.6. The molecule has 0 saturated heterocycles. The van der Waals surface area contributed by atoms with Gasteiger partial charge in [-0.05, 0) is 35.7 Å². The number of aromatic nitrogens is 3. The molecule has 0 unspecified atom stereocenters.